The monoisotopic (exact) mass is 560 g/mol. The summed E-state index contributed by atoms with van der Waals surface area (Å²) in [7, 11) is 1.99. The van der Waals surface area contributed by atoms with Gasteiger partial charge in [0.05, 0.1) is 10.6 Å². The summed E-state index contributed by atoms with van der Waals surface area (Å²) in [6, 6.07) is 6.07. The van der Waals surface area contributed by atoms with Crippen LogP contribution in [0.5, 0.6) is 0 Å². The summed E-state index contributed by atoms with van der Waals surface area (Å²) in [4.78, 5) is 42.6. The Morgan fingerprint density at radius 2 is 1.82 bits per heavy atom. The molecule has 2 aliphatic rings. The molecule has 1 atom stereocenters. The third-order valence-corrected chi connectivity index (χ3v) is 6.92. The Balaban J connectivity index is 0.000000505. The second-order valence-corrected chi connectivity index (χ2v) is 10.2. The number of benzene rings is 1. The number of hydrogen-bond acceptors (Lipinski definition) is 7. The number of halogens is 4. The van der Waals surface area contributed by atoms with Crippen LogP contribution in [0.1, 0.15) is 33.9 Å². The lowest BCUT2D eigenvalue weighted by Crippen LogP contribution is -2.61. The largest absolute Gasteiger partial charge is 0.490 e. The zero-order valence-electron chi connectivity index (χ0n) is 20.8. The molecule has 38 heavy (non-hydrogen) atoms. The van der Waals surface area contributed by atoms with Gasteiger partial charge in [0.25, 0.3) is 11.8 Å². The summed E-state index contributed by atoms with van der Waals surface area (Å²) in [6.45, 7) is 4.61. The van der Waals surface area contributed by atoms with E-state index in [2.05, 4.69) is 15.2 Å². The molecule has 14 heteroatoms. The van der Waals surface area contributed by atoms with Crippen molar-refractivity contribution in [2.75, 3.05) is 33.2 Å². The highest BCUT2D eigenvalue weighted by Gasteiger charge is 2.45. The molecule has 0 saturated carbocycles. The van der Waals surface area contributed by atoms with Gasteiger partial charge in [-0.1, -0.05) is 12.1 Å². The Kier molecular flexibility index (Phi) is 9.44. The van der Waals surface area contributed by atoms with Gasteiger partial charge >= 0.3 is 12.1 Å². The zero-order chi connectivity index (χ0) is 28.1. The number of nitrogens with zero attached hydrogens (tertiary/aromatic N) is 3. The van der Waals surface area contributed by atoms with Gasteiger partial charge in [0, 0.05) is 38.1 Å². The Labute approximate surface area is 220 Å². The maximum atomic E-state index is 13.1. The number of morpholine rings is 1. The van der Waals surface area contributed by atoms with Crippen molar-refractivity contribution in [2.24, 2.45) is 0 Å². The molecular weight excluding hydrogens is 532 g/mol. The van der Waals surface area contributed by atoms with Crippen LogP contribution < -0.4 is 5.32 Å². The van der Waals surface area contributed by atoms with E-state index in [1.54, 1.807) is 17.5 Å². The van der Waals surface area contributed by atoms with E-state index in [4.69, 9.17) is 14.6 Å². The van der Waals surface area contributed by atoms with Crippen molar-refractivity contribution in [2.45, 2.75) is 44.2 Å². The molecule has 0 radical (unpaired) electrons. The summed E-state index contributed by atoms with van der Waals surface area (Å²) in [5.74, 6) is -3.28. The van der Waals surface area contributed by atoms with Crippen molar-refractivity contribution in [3.63, 3.8) is 0 Å². The van der Waals surface area contributed by atoms with Crippen LogP contribution in [0.25, 0.3) is 0 Å². The lowest BCUT2D eigenvalue weighted by Gasteiger charge is -2.48. The standard InChI is InChI=1S/C22H27FN4O3S.C2HF3O2/c1-15-25-18(13-31-15)21(29)27-9-7-22(8-10-27)14-26(2)12-19(30-22)20(28)24-11-16-3-5-17(23)6-4-16;3-2(4,5)1(6)7/h3-6,13,19H,7-12,14H2,1-2H3,(H,24,28);(H,6,7). The van der Waals surface area contributed by atoms with Crippen LogP contribution in [-0.4, -0.2) is 88.8 Å². The van der Waals surface area contributed by atoms with Gasteiger partial charge in [0.15, 0.2) is 0 Å². The maximum Gasteiger partial charge on any atom is 0.490 e. The quantitative estimate of drug-likeness (QED) is 0.554. The van der Waals surface area contributed by atoms with E-state index in [0.29, 0.717) is 44.7 Å². The minimum Gasteiger partial charge on any atom is -0.475 e. The molecule has 2 aromatic rings. The van der Waals surface area contributed by atoms with Crippen molar-refractivity contribution in [1.29, 1.82) is 0 Å². The number of nitrogens with one attached hydrogen (secondary N) is 1. The third kappa shape index (κ3) is 7.95. The maximum absolute atomic E-state index is 13.1. The summed E-state index contributed by atoms with van der Waals surface area (Å²) in [6.07, 6.45) is -4.32. The molecule has 9 nitrogen and oxygen atoms in total. The SMILES string of the molecule is Cc1nc(C(=O)N2CCC3(CC2)CN(C)CC(C(=O)NCc2ccc(F)cc2)O3)cs1.O=C(O)C(F)(F)F. The number of carbonyl (C=O) groups excluding carboxylic acids is 2. The van der Waals surface area contributed by atoms with Gasteiger partial charge in [0.2, 0.25) is 0 Å². The average molecular weight is 561 g/mol. The first-order valence-corrected chi connectivity index (χ1v) is 12.6. The van der Waals surface area contributed by atoms with Crippen molar-refractivity contribution in [1.82, 2.24) is 20.1 Å². The fourth-order valence-electron chi connectivity index (χ4n) is 4.27. The second-order valence-electron chi connectivity index (χ2n) is 9.18. The fraction of sp³-hybridized carbons (Fsp3) is 0.500. The van der Waals surface area contributed by atoms with E-state index >= 15 is 0 Å². The van der Waals surface area contributed by atoms with E-state index in [0.717, 1.165) is 17.1 Å². The smallest absolute Gasteiger partial charge is 0.475 e. The molecule has 2 fully saturated rings. The number of aryl methyl sites for hydroxylation is 1. The second kappa shape index (κ2) is 12.2. The number of rotatable bonds is 4. The molecule has 1 aromatic carbocycles. The van der Waals surface area contributed by atoms with Gasteiger partial charge in [0.1, 0.15) is 17.6 Å². The molecule has 208 valence electrons. The molecule has 1 aromatic heterocycles. The van der Waals surface area contributed by atoms with Gasteiger partial charge in [-0.15, -0.1) is 11.3 Å². The summed E-state index contributed by atoms with van der Waals surface area (Å²) in [5.41, 5.74) is 0.885. The Morgan fingerprint density at radius 1 is 1.21 bits per heavy atom. The number of carboxylic acids is 1. The van der Waals surface area contributed by atoms with Gasteiger partial charge in [-0.2, -0.15) is 13.2 Å². The third-order valence-electron chi connectivity index (χ3n) is 6.14. The lowest BCUT2D eigenvalue weighted by atomic mass is 9.88. The van der Waals surface area contributed by atoms with Crippen molar-refractivity contribution in [3.8, 4) is 0 Å². The zero-order valence-corrected chi connectivity index (χ0v) is 21.6. The van der Waals surface area contributed by atoms with Gasteiger partial charge in [-0.3, -0.25) is 9.59 Å². The predicted octanol–water partition coefficient (Wildman–Crippen LogP) is 2.85. The summed E-state index contributed by atoms with van der Waals surface area (Å²) >= 11 is 1.47. The van der Waals surface area contributed by atoms with E-state index in [1.165, 1.54) is 23.5 Å². The number of carboxylic acid groups (broad SMARTS) is 1. The molecule has 2 aliphatic heterocycles. The number of aliphatic carboxylic acids is 1. The molecule has 2 saturated heterocycles. The van der Waals surface area contributed by atoms with Crippen LogP contribution in [-0.2, 0) is 20.9 Å². The highest BCUT2D eigenvalue weighted by Crippen LogP contribution is 2.32. The van der Waals surface area contributed by atoms with Crippen LogP contribution in [0.15, 0.2) is 29.6 Å². The van der Waals surface area contributed by atoms with Crippen LogP contribution >= 0.6 is 11.3 Å². The van der Waals surface area contributed by atoms with Gasteiger partial charge in [-0.05, 0) is 44.5 Å². The fourth-order valence-corrected chi connectivity index (χ4v) is 4.86. The number of thiazole rings is 1. The van der Waals surface area contributed by atoms with E-state index in [1.807, 2.05) is 18.9 Å². The molecule has 0 bridgehead atoms. The van der Waals surface area contributed by atoms with Gasteiger partial charge in [-0.25, -0.2) is 14.2 Å². The highest BCUT2D eigenvalue weighted by molar-refractivity contribution is 7.09. The minimum absolute atomic E-state index is 0.0445. The summed E-state index contributed by atoms with van der Waals surface area (Å²) < 4.78 is 51.1. The van der Waals surface area contributed by atoms with E-state index in [-0.39, 0.29) is 17.6 Å². The van der Waals surface area contributed by atoms with Crippen molar-refractivity contribution < 1.29 is 41.8 Å². The number of carbonyl (C=O) groups is 3. The topological polar surface area (TPSA) is 112 Å². The lowest BCUT2D eigenvalue weighted by molar-refractivity contribution is -0.192. The number of likely N-dealkylation sites (tertiary alicyclic amines) is 1. The van der Waals surface area contributed by atoms with E-state index in [9.17, 15) is 27.2 Å². The average Bonchev–Trinajstić information content (AvgIpc) is 3.29. The first kappa shape index (κ1) is 29.5. The van der Waals surface area contributed by atoms with Crippen LogP contribution in [0.3, 0.4) is 0 Å². The molecule has 3 heterocycles. The molecule has 2 amide bonds. The molecule has 2 N–H and O–H groups in total. The number of piperidine rings is 1. The first-order valence-electron chi connectivity index (χ1n) is 11.7. The molecule has 0 aliphatic carbocycles. The molecule has 1 spiro atoms. The number of amides is 2. The minimum atomic E-state index is -5.08. The van der Waals surface area contributed by atoms with Gasteiger partial charge < -0.3 is 25.0 Å². The number of hydrogen-bond donors (Lipinski definition) is 2. The Hall–Kier alpha value is -3.10. The summed E-state index contributed by atoms with van der Waals surface area (Å²) in [5, 5.41) is 12.7. The number of aromatic nitrogens is 1. The number of likely N-dealkylation sites (N-methyl/N-ethyl adjacent to an activating group) is 1. The van der Waals surface area contributed by atoms with E-state index < -0.39 is 23.9 Å². The van der Waals surface area contributed by atoms with Crippen molar-refractivity contribution in [3.05, 3.63) is 51.7 Å². The van der Waals surface area contributed by atoms with Crippen LogP contribution in [0.2, 0.25) is 0 Å². The normalized spacial score (nSPS) is 19.4. The molecular formula is C24H28F4N4O5S. The number of alkyl halides is 3. The van der Waals surface area contributed by atoms with Crippen LogP contribution in [0.4, 0.5) is 17.6 Å². The molecule has 4 rings (SSSR count). The Bertz CT molecular complexity index is 1130. The van der Waals surface area contributed by atoms with Crippen molar-refractivity contribution >= 4 is 29.1 Å². The highest BCUT2D eigenvalue weighted by atomic mass is 32.1. The number of ether oxygens (including phenoxy) is 1. The van der Waals surface area contributed by atoms with Crippen LogP contribution in [0, 0.1) is 12.7 Å². The first-order chi connectivity index (χ1) is 17.8. The predicted molar refractivity (Wildman–Crippen MR) is 129 cm³/mol. The molecule has 1 unspecified atom stereocenters. The Morgan fingerprint density at radius 3 is 2.34 bits per heavy atom.